The van der Waals surface area contributed by atoms with Crippen LogP contribution in [0.3, 0.4) is 0 Å². The minimum Gasteiger partial charge on any atom is -0.366 e. The number of aliphatic hydroxyl groups excluding tert-OH is 1. The van der Waals surface area contributed by atoms with Gasteiger partial charge < -0.3 is 15.0 Å². The Bertz CT molecular complexity index is 940. The van der Waals surface area contributed by atoms with Gasteiger partial charge in [0.05, 0.1) is 24.4 Å². The van der Waals surface area contributed by atoms with Gasteiger partial charge >= 0.3 is 0 Å². The highest BCUT2D eigenvalue weighted by Crippen LogP contribution is 2.30. The lowest BCUT2D eigenvalue weighted by Gasteiger charge is -2.19. The molecule has 4 heterocycles. The number of aromatic nitrogens is 5. The van der Waals surface area contributed by atoms with Crippen LogP contribution < -0.4 is 5.32 Å². The first-order valence-electron chi connectivity index (χ1n) is 8.39. The van der Waals surface area contributed by atoms with E-state index < -0.39 is 6.23 Å². The summed E-state index contributed by atoms with van der Waals surface area (Å²) in [5.74, 6) is 1.17. The molecule has 0 saturated heterocycles. The Morgan fingerprint density at radius 2 is 2.16 bits per heavy atom. The standard InChI is InChI=1S/C17H21N7O/c1-10(2)13-5-12(14-6-18-7-22-24(13)14)4-11(3)23-9-21-15-16(23)19-8-20-17(15)25/h5-11,17,25H,4H2,1-3H3,(H,19,20). The van der Waals surface area contributed by atoms with Gasteiger partial charge in [0.25, 0.3) is 0 Å². The Kier molecular flexibility index (Phi) is 3.76. The van der Waals surface area contributed by atoms with Crippen molar-refractivity contribution in [2.45, 2.75) is 45.4 Å². The van der Waals surface area contributed by atoms with Gasteiger partial charge in [-0.25, -0.2) is 19.5 Å². The summed E-state index contributed by atoms with van der Waals surface area (Å²) in [6.07, 6.45) is 6.60. The van der Waals surface area contributed by atoms with Crippen molar-refractivity contribution in [2.75, 3.05) is 5.32 Å². The zero-order valence-corrected chi connectivity index (χ0v) is 14.5. The zero-order chi connectivity index (χ0) is 17.6. The summed E-state index contributed by atoms with van der Waals surface area (Å²) in [6, 6.07) is 2.35. The highest BCUT2D eigenvalue weighted by atomic mass is 16.3. The van der Waals surface area contributed by atoms with Gasteiger partial charge in [0, 0.05) is 11.7 Å². The molecule has 8 heteroatoms. The molecule has 130 valence electrons. The maximum absolute atomic E-state index is 9.92. The van der Waals surface area contributed by atoms with Gasteiger partial charge in [-0.15, -0.1) is 0 Å². The average Bonchev–Trinajstić information content (AvgIpc) is 3.18. The third-order valence-electron chi connectivity index (χ3n) is 4.62. The zero-order valence-electron chi connectivity index (χ0n) is 14.5. The quantitative estimate of drug-likeness (QED) is 0.761. The fourth-order valence-electron chi connectivity index (χ4n) is 3.32. The summed E-state index contributed by atoms with van der Waals surface area (Å²) in [7, 11) is 0. The van der Waals surface area contributed by atoms with Crippen LogP contribution in [-0.2, 0) is 6.42 Å². The molecule has 8 nitrogen and oxygen atoms in total. The van der Waals surface area contributed by atoms with Gasteiger partial charge in [0.2, 0.25) is 0 Å². The number of imidazole rings is 1. The molecule has 0 fully saturated rings. The molecule has 2 N–H and O–H groups in total. The average molecular weight is 339 g/mol. The molecule has 4 rings (SSSR count). The van der Waals surface area contributed by atoms with E-state index in [1.54, 1.807) is 12.7 Å². The molecule has 2 atom stereocenters. The van der Waals surface area contributed by atoms with Crippen LogP contribution >= 0.6 is 0 Å². The number of anilines is 1. The molecule has 3 aromatic rings. The maximum Gasteiger partial charge on any atom is 0.193 e. The van der Waals surface area contributed by atoms with Gasteiger partial charge in [0.1, 0.15) is 17.8 Å². The van der Waals surface area contributed by atoms with Crippen molar-refractivity contribution >= 4 is 17.7 Å². The molecule has 0 aliphatic carbocycles. The van der Waals surface area contributed by atoms with E-state index in [4.69, 9.17) is 0 Å². The first kappa shape index (κ1) is 15.8. The maximum atomic E-state index is 9.92. The van der Waals surface area contributed by atoms with Gasteiger partial charge in [-0.1, -0.05) is 13.8 Å². The van der Waals surface area contributed by atoms with E-state index in [0.717, 1.165) is 17.8 Å². The molecule has 0 bridgehead atoms. The second kappa shape index (κ2) is 5.96. The van der Waals surface area contributed by atoms with Crippen LogP contribution in [0, 0.1) is 0 Å². The van der Waals surface area contributed by atoms with Crippen molar-refractivity contribution in [3.05, 3.63) is 41.9 Å². The molecule has 25 heavy (non-hydrogen) atoms. The highest BCUT2D eigenvalue weighted by molar-refractivity contribution is 5.77. The van der Waals surface area contributed by atoms with Crippen LogP contribution in [-0.4, -0.2) is 35.6 Å². The Balaban J connectivity index is 1.69. The van der Waals surface area contributed by atoms with Gasteiger partial charge in [-0.05, 0) is 30.9 Å². The molecule has 0 saturated carbocycles. The SMILES string of the molecule is CC(C)c1cc(CC(C)n2cnc3c2NC=NC3O)c2cncnn12. The van der Waals surface area contributed by atoms with E-state index >= 15 is 0 Å². The monoisotopic (exact) mass is 339 g/mol. The molecule has 0 spiro atoms. The third-order valence-corrected chi connectivity index (χ3v) is 4.62. The van der Waals surface area contributed by atoms with Crippen molar-refractivity contribution in [2.24, 2.45) is 4.99 Å². The van der Waals surface area contributed by atoms with Crippen molar-refractivity contribution in [3.63, 3.8) is 0 Å². The minimum absolute atomic E-state index is 0.147. The molecule has 0 aromatic carbocycles. The fraction of sp³-hybridized carbons (Fsp3) is 0.412. The van der Waals surface area contributed by atoms with Crippen molar-refractivity contribution in [3.8, 4) is 0 Å². The first-order chi connectivity index (χ1) is 12.1. The Hall–Kier alpha value is -2.74. The lowest BCUT2D eigenvalue weighted by molar-refractivity contribution is 0.184. The predicted molar refractivity (Wildman–Crippen MR) is 94.8 cm³/mol. The van der Waals surface area contributed by atoms with Crippen molar-refractivity contribution in [1.82, 2.24) is 24.1 Å². The van der Waals surface area contributed by atoms with E-state index in [0.29, 0.717) is 11.6 Å². The van der Waals surface area contributed by atoms with Gasteiger partial charge in [0.15, 0.2) is 6.23 Å². The van der Waals surface area contributed by atoms with Crippen LogP contribution in [0.5, 0.6) is 0 Å². The van der Waals surface area contributed by atoms with Crippen LogP contribution in [0.4, 0.5) is 5.82 Å². The highest BCUT2D eigenvalue weighted by Gasteiger charge is 2.23. The van der Waals surface area contributed by atoms with Crippen LogP contribution in [0.1, 0.15) is 55.9 Å². The largest absolute Gasteiger partial charge is 0.366 e. The topological polar surface area (TPSA) is 92.6 Å². The fourth-order valence-corrected chi connectivity index (χ4v) is 3.32. The van der Waals surface area contributed by atoms with E-state index in [-0.39, 0.29) is 6.04 Å². The van der Waals surface area contributed by atoms with Gasteiger partial charge in [-0.2, -0.15) is 5.10 Å². The summed E-state index contributed by atoms with van der Waals surface area (Å²) < 4.78 is 4.00. The van der Waals surface area contributed by atoms with Gasteiger partial charge in [-0.3, -0.25) is 0 Å². The predicted octanol–water partition coefficient (Wildman–Crippen LogP) is 2.30. The molecule has 0 radical (unpaired) electrons. The number of rotatable bonds is 4. The first-order valence-corrected chi connectivity index (χ1v) is 8.39. The molecule has 1 aliphatic heterocycles. The van der Waals surface area contributed by atoms with Crippen LogP contribution in [0.15, 0.2) is 29.9 Å². The number of aliphatic hydroxyl groups is 1. The molecule has 0 amide bonds. The second-order valence-corrected chi connectivity index (χ2v) is 6.69. The number of aliphatic imine (C=N–C) groups is 1. The summed E-state index contributed by atoms with van der Waals surface area (Å²) in [5.41, 5.74) is 3.96. The van der Waals surface area contributed by atoms with Crippen LogP contribution in [0.25, 0.3) is 5.52 Å². The van der Waals surface area contributed by atoms with E-state index in [2.05, 4.69) is 52.2 Å². The summed E-state index contributed by atoms with van der Waals surface area (Å²) >= 11 is 0. The Morgan fingerprint density at radius 1 is 1.32 bits per heavy atom. The lowest BCUT2D eigenvalue weighted by Crippen LogP contribution is -2.16. The summed E-state index contributed by atoms with van der Waals surface area (Å²) in [4.78, 5) is 12.4. The molecule has 3 aromatic heterocycles. The van der Waals surface area contributed by atoms with Crippen molar-refractivity contribution in [1.29, 1.82) is 0 Å². The van der Waals surface area contributed by atoms with E-state index in [9.17, 15) is 5.11 Å². The number of hydrogen-bond acceptors (Lipinski definition) is 6. The smallest absolute Gasteiger partial charge is 0.193 e. The Labute approximate surface area is 145 Å². The number of nitrogens with zero attached hydrogens (tertiary/aromatic N) is 6. The Morgan fingerprint density at radius 3 is 2.96 bits per heavy atom. The molecule has 2 unspecified atom stereocenters. The minimum atomic E-state index is -0.902. The molecular weight excluding hydrogens is 318 g/mol. The van der Waals surface area contributed by atoms with E-state index in [1.807, 2.05) is 15.3 Å². The number of hydrogen-bond donors (Lipinski definition) is 2. The number of fused-ring (bicyclic) bond motifs is 2. The van der Waals surface area contributed by atoms with Crippen molar-refractivity contribution < 1.29 is 5.11 Å². The molecular formula is C17H21N7O. The molecule has 1 aliphatic rings. The normalized spacial score (nSPS) is 17.7. The van der Waals surface area contributed by atoms with Crippen LogP contribution in [0.2, 0.25) is 0 Å². The van der Waals surface area contributed by atoms with E-state index in [1.165, 1.54) is 17.6 Å². The summed E-state index contributed by atoms with van der Waals surface area (Å²) in [6.45, 7) is 6.45. The number of nitrogens with one attached hydrogen (secondary N) is 1. The lowest BCUT2D eigenvalue weighted by atomic mass is 10.1. The third kappa shape index (κ3) is 2.58. The summed E-state index contributed by atoms with van der Waals surface area (Å²) in [5, 5.41) is 17.4. The second-order valence-electron chi connectivity index (χ2n) is 6.69.